The third-order valence-corrected chi connectivity index (χ3v) is 2.96. The fraction of sp³-hybridized carbons (Fsp3) is 0.727. The van der Waals surface area contributed by atoms with Gasteiger partial charge in [0.05, 0.1) is 0 Å². The van der Waals surface area contributed by atoms with Crippen molar-refractivity contribution in [3.05, 3.63) is 12.4 Å². The van der Waals surface area contributed by atoms with Gasteiger partial charge in [-0.15, -0.1) is 0 Å². The van der Waals surface area contributed by atoms with Gasteiger partial charge in [0.25, 0.3) is 6.01 Å². The largest absolute Gasteiger partial charge is 0.461 e. The van der Waals surface area contributed by atoms with Crippen LogP contribution in [0.2, 0.25) is 0 Å². The molecule has 1 fully saturated rings. The number of nitrogens with two attached hydrogens (primary N) is 1. The Balaban J connectivity index is 1.96. The van der Waals surface area contributed by atoms with Crippen LogP contribution in [0.1, 0.15) is 32.6 Å². The Hall–Kier alpha value is -1.03. The Morgan fingerprint density at radius 3 is 3.20 bits per heavy atom. The average Bonchev–Trinajstić information content (AvgIpc) is 2.65. The van der Waals surface area contributed by atoms with Crippen molar-refractivity contribution in [2.24, 2.45) is 5.73 Å². The van der Waals surface area contributed by atoms with Gasteiger partial charge < -0.3 is 15.0 Å². The van der Waals surface area contributed by atoms with Crippen LogP contribution in [0, 0.1) is 0 Å². The van der Waals surface area contributed by atoms with Crippen molar-refractivity contribution >= 4 is 0 Å². The zero-order valence-corrected chi connectivity index (χ0v) is 9.22. The second kappa shape index (κ2) is 4.66. The van der Waals surface area contributed by atoms with Crippen molar-refractivity contribution in [1.82, 2.24) is 9.55 Å². The summed E-state index contributed by atoms with van der Waals surface area (Å²) in [7, 11) is 0. The number of aromatic nitrogens is 2. The van der Waals surface area contributed by atoms with E-state index in [1.54, 1.807) is 6.20 Å². The molecule has 0 aliphatic heterocycles. The Morgan fingerprint density at radius 1 is 1.60 bits per heavy atom. The maximum atomic E-state index is 5.92. The predicted octanol–water partition coefficient (Wildman–Crippen LogP) is 1.55. The van der Waals surface area contributed by atoms with Crippen molar-refractivity contribution in [3.8, 4) is 6.01 Å². The monoisotopic (exact) mass is 209 g/mol. The van der Waals surface area contributed by atoms with Gasteiger partial charge in [-0.2, -0.15) is 0 Å². The SMILES string of the molecule is CCn1ccnc1OC1CCCC(N)C1. The Bertz CT molecular complexity index is 311. The zero-order valence-electron chi connectivity index (χ0n) is 9.22. The van der Waals surface area contributed by atoms with Gasteiger partial charge in [0, 0.05) is 25.0 Å². The van der Waals surface area contributed by atoms with E-state index >= 15 is 0 Å². The molecule has 4 nitrogen and oxygen atoms in total. The van der Waals surface area contributed by atoms with Gasteiger partial charge >= 0.3 is 0 Å². The summed E-state index contributed by atoms with van der Waals surface area (Å²) in [5.41, 5.74) is 5.92. The molecule has 0 spiro atoms. The first-order valence-corrected chi connectivity index (χ1v) is 5.73. The van der Waals surface area contributed by atoms with Gasteiger partial charge in [-0.3, -0.25) is 0 Å². The molecule has 1 heterocycles. The summed E-state index contributed by atoms with van der Waals surface area (Å²) in [6.45, 7) is 2.98. The highest BCUT2D eigenvalue weighted by atomic mass is 16.5. The highest BCUT2D eigenvalue weighted by Crippen LogP contribution is 2.21. The molecule has 2 unspecified atom stereocenters. The third kappa shape index (κ3) is 2.50. The lowest BCUT2D eigenvalue weighted by atomic mass is 9.94. The van der Waals surface area contributed by atoms with E-state index in [-0.39, 0.29) is 6.10 Å². The molecule has 2 N–H and O–H groups in total. The molecule has 2 rings (SSSR count). The minimum Gasteiger partial charge on any atom is -0.461 e. The second-order valence-electron chi connectivity index (χ2n) is 4.16. The van der Waals surface area contributed by atoms with Crippen LogP contribution >= 0.6 is 0 Å². The number of rotatable bonds is 3. The van der Waals surface area contributed by atoms with Crippen molar-refractivity contribution in [2.45, 2.75) is 51.3 Å². The quantitative estimate of drug-likeness (QED) is 0.821. The first-order valence-electron chi connectivity index (χ1n) is 5.73. The Labute approximate surface area is 90.4 Å². The van der Waals surface area contributed by atoms with E-state index in [2.05, 4.69) is 11.9 Å². The molecule has 4 heteroatoms. The van der Waals surface area contributed by atoms with E-state index in [0.717, 1.165) is 31.8 Å². The Morgan fingerprint density at radius 2 is 2.47 bits per heavy atom. The van der Waals surface area contributed by atoms with Crippen molar-refractivity contribution < 1.29 is 4.74 Å². The summed E-state index contributed by atoms with van der Waals surface area (Å²) in [4.78, 5) is 4.21. The average molecular weight is 209 g/mol. The molecule has 1 aliphatic carbocycles. The molecule has 1 aromatic heterocycles. The second-order valence-corrected chi connectivity index (χ2v) is 4.16. The summed E-state index contributed by atoms with van der Waals surface area (Å²) >= 11 is 0. The lowest BCUT2D eigenvalue weighted by Gasteiger charge is -2.26. The highest BCUT2D eigenvalue weighted by Gasteiger charge is 2.21. The van der Waals surface area contributed by atoms with Gasteiger partial charge in [-0.05, 0) is 32.6 Å². The molecular weight excluding hydrogens is 190 g/mol. The van der Waals surface area contributed by atoms with Gasteiger partial charge in [0.15, 0.2) is 0 Å². The molecule has 0 aromatic carbocycles. The smallest absolute Gasteiger partial charge is 0.296 e. The lowest BCUT2D eigenvalue weighted by Crippen LogP contribution is -2.34. The number of ether oxygens (including phenoxy) is 1. The number of hydrogen-bond acceptors (Lipinski definition) is 3. The molecule has 15 heavy (non-hydrogen) atoms. The van der Waals surface area contributed by atoms with Crippen molar-refractivity contribution in [3.63, 3.8) is 0 Å². The van der Waals surface area contributed by atoms with Gasteiger partial charge in [-0.25, -0.2) is 4.98 Å². The summed E-state index contributed by atoms with van der Waals surface area (Å²) < 4.78 is 7.87. The fourth-order valence-corrected chi connectivity index (χ4v) is 2.09. The molecule has 1 saturated carbocycles. The zero-order chi connectivity index (χ0) is 10.7. The Kier molecular flexibility index (Phi) is 3.26. The topological polar surface area (TPSA) is 53.1 Å². The van der Waals surface area contributed by atoms with E-state index in [4.69, 9.17) is 10.5 Å². The minimum atomic E-state index is 0.251. The maximum absolute atomic E-state index is 5.92. The van der Waals surface area contributed by atoms with Gasteiger partial charge in [-0.1, -0.05) is 0 Å². The van der Waals surface area contributed by atoms with Crippen LogP contribution in [0.5, 0.6) is 6.01 Å². The predicted molar refractivity (Wildman–Crippen MR) is 58.8 cm³/mol. The molecule has 0 saturated heterocycles. The molecule has 2 atom stereocenters. The molecule has 0 amide bonds. The number of hydrogen-bond donors (Lipinski definition) is 1. The summed E-state index contributed by atoms with van der Waals surface area (Å²) in [6, 6.07) is 1.03. The molecule has 0 radical (unpaired) electrons. The maximum Gasteiger partial charge on any atom is 0.296 e. The van der Waals surface area contributed by atoms with Gasteiger partial charge in [0.1, 0.15) is 6.10 Å². The fourth-order valence-electron chi connectivity index (χ4n) is 2.09. The van der Waals surface area contributed by atoms with Crippen LogP contribution in [0.4, 0.5) is 0 Å². The van der Waals surface area contributed by atoms with E-state index in [0.29, 0.717) is 6.04 Å². The summed E-state index contributed by atoms with van der Waals surface area (Å²) in [6.07, 6.45) is 8.32. The molecular formula is C11H19N3O. The standard InChI is InChI=1S/C11H19N3O/c1-2-14-7-6-13-11(14)15-10-5-3-4-9(12)8-10/h6-7,9-10H,2-5,8,12H2,1H3. The third-order valence-electron chi connectivity index (χ3n) is 2.96. The van der Waals surface area contributed by atoms with E-state index in [1.807, 2.05) is 10.8 Å². The molecule has 84 valence electrons. The van der Waals surface area contributed by atoms with Crippen LogP contribution in [0.25, 0.3) is 0 Å². The number of aryl methyl sites for hydroxylation is 1. The number of nitrogens with zero attached hydrogens (tertiary/aromatic N) is 2. The van der Waals surface area contributed by atoms with Crippen LogP contribution in [0.15, 0.2) is 12.4 Å². The molecule has 0 bridgehead atoms. The van der Waals surface area contributed by atoms with Crippen LogP contribution in [0.3, 0.4) is 0 Å². The molecule has 1 aromatic rings. The number of imidazole rings is 1. The highest BCUT2D eigenvalue weighted by molar-refractivity contribution is 4.99. The van der Waals surface area contributed by atoms with E-state index < -0.39 is 0 Å². The van der Waals surface area contributed by atoms with Crippen molar-refractivity contribution in [2.75, 3.05) is 0 Å². The summed E-state index contributed by atoms with van der Waals surface area (Å²) in [5, 5.41) is 0. The van der Waals surface area contributed by atoms with Crippen LogP contribution in [-0.4, -0.2) is 21.7 Å². The minimum absolute atomic E-state index is 0.251. The van der Waals surface area contributed by atoms with Gasteiger partial charge in [0.2, 0.25) is 0 Å². The van der Waals surface area contributed by atoms with E-state index in [1.165, 1.54) is 6.42 Å². The normalized spacial score (nSPS) is 26.5. The lowest BCUT2D eigenvalue weighted by molar-refractivity contribution is 0.127. The summed E-state index contributed by atoms with van der Waals surface area (Å²) in [5.74, 6) is 0. The van der Waals surface area contributed by atoms with Crippen molar-refractivity contribution in [1.29, 1.82) is 0 Å². The van der Waals surface area contributed by atoms with Crippen LogP contribution < -0.4 is 10.5 Å². The first-order chi connectivity index (χ1) is 7.29. The first kappa shape index (κ1) is 10.5. The van der Waals surface area contributed by atoms with Crippen LogP contribution in [-0.2, 0) is 6.54 Å². The van der Waals surface area contributed by atoms with E-state index in [9.17, 15) is 0 Å². The molecule has 1 aliphatic rings.